The van der Waals surface area contributed by atoms with E-state index < -0.39 is 9.84 Å². The van der Waals surface area contributed by atoms with E-state index in [1.807, 2.05) is 6.92 Å². The maximum atomic E-state index is 12.3. The molecule has 2 atom stereocenters. The molecule has 0 saturated carbocycles. The highest BCUT2D eigenvalue weighted by Gasteiger charge is 2.26. The summed E-state index contributed by atoms with van der Waals surface area (Å²) in [6.07, 6.45) is 2.38. The van der Waals surface area contributed by atoms with Crippen LogP contribution in [0.2, 0.25) is 0 Å². The minimum atomic E-state index is -3.38. The molecule has 0 unspecified atom stereocenters. The Morgan fingerprint density at radius 2 is 2.10 bits per heavy atom. The van der Waals surface area contributed by atoms with Gasteiger partial charge in [0.2, 0.25) is 5.91 Å². The number of hydrogen-bond donors (Lipinski definition) is 2. The van der Waals surface area contributed by atoms with Gasteiger partial charge in [-0.3, -0.25) is 4.79 Å². The highest BCUT2D eigenvalue weighted by Crippen LogP contribution is 2.13. The number of carbonyl (C=O) groups excluding carboxylic acids is 1. The van der Waals surface area contributed by atoms with E-state index in [1.165, 1.54) is 0 Å². The average Bonchev–Trinajstić information content (AvgIpc) is 3.01. The first-order valence-electron chi connectivity index (χ1n) is 7.34. The Bertz CT molecular complexity index is 566. The fourth-order valence-corrected chi connectivity index (χ4v) is 4.07. The zero-order chi connectivity index (χ0) is 15.3. The molecule has 0 radical (unpaired) electrons. The summed E-state index contributed by atoms with van der Waals surface area (Å²) in [5, 5.41) is 5.97. The standard InChI is InChI=1S/C15H22N2O3S/c1-2-12(17-15(18)14-9-6-10-16-14)11-21(19,20)13-7-4-3-5-8-13/h3-5,7-8,12,14,16H,2,6,9-11H2,1H3,(H,17,18)/t12-,14+/m0/s1. The monoisotopic (exact) mass is 310 g/mol. The van der Waals surface area contributed by atoms with Crippen LogP contribution in [0, 0.1) is 0 Å². The molecule has 1 aliphatic rings. The van der Waals surface area contributed by atoms with Crippen LogP contribution in [0.3, 0.4) is 0 Å². The van der Waals surface area contributed by atoms with Crippen LogP contribution in [0.5, 0.6) is 0 Å². The number of amides is 1. The van der Waals surface area contributed by atoms with Crippen molar-refractivity contribution in [1.29, 1.82) is 0 Å². The maximum absolute atomic E-state index is 12.3. The zero-order valence-corrected chi connectivity index (χ0v) is 13.0. The van der Waals surface area contributed by atoms with Gasteiger partial charge in [0.25, 0.3) is 0 Å². The number of rotatable bonds is 6. The van der Waals surface area contributed by atoms with Crippen LogP contribution >= 0.6 is 0 Å². The Hall–Kier alpha value is -1.40. The molecule has 1 fully saturated rings. The van der Waals surface area contributed by atoms with Crippen LogP contribution in [0.1, 0.15) is 26.2 Å². The van der Waals surface area contributed by atoms with E-state index in [2.05, 4.69) is 10.6 Å². The summed E-state index contributed by atoms with van der Waals surface area (Å²) >= 11 is 0. The Labute approximate surface area is 126 Å². The van der Waals surface area contributed by atoms with E-state index in [9.17, 15) is 13.2 Å². The van der Waals surface area contributed by atoms with Gasteiger partial charge in [-0.1, -0.05) is 25.1 Å². The number of sulfone groups is 1. The molecule has 2 rings (SSSR count). The van der Waals surface area contributed by atoms with Crippen LogP contribution in [-0.4, -0.2) is 38.7 Å². The molecule has 116 valence electrons. The van der Waals surface area contributed by atoms with Crippen molar-refractivity contribution in [3.8, 4) is 0 Å². The van der Waals surface area contributed by atoms with E-state index in [0.717, 1.165) is 19.4 Å². The molecular formula is C15H22N2O3S. The molecule has 1 amide bonds. The fraction of sp³-hybridized carbons (Fsp3) is 0.533. The van der Waals surface area contributed by atoms with Gasteiger partial charge in [-0.15, -0.1) is 0 Å². The smallest absolute Gasteiger partial charge is 0.237 e. The summed E-state index contributed by atoms with van der Waals surface area (Å²) in [6, 6.07) is 7.82. The summed E-state index contributed by atoms with van der Waals surface area (Å²) in [6.45, 7) is 2.73. The summed E-state index contributed by atoms with van der Waals surface area (Å²) in [5.41, 5.74) is 0. The van der Waals surface area contributed by atoms with Crippen molar-refractivity contribution in [3.05, 3.63) is 30.3 Å². The Balaban J connectivity index is 2.00. The molecule has 21 heavy (non-hydrogen) atoms. The van der Waals surface area contributed by atoms with Gasteiger partial charge in [-0.05, 0) is 37.9 Å². The maximum Gasteiger partial charge on any atom is 0.237 e. The van der Waals surface area contributed by atoms with Gasteiger partial charge in [0.05, 0.1) is 16.7 Å². The number of carbonyl (C=O) groups is 1. The first kappa shape index (κ1) is 16.0. The van der Waals surface area contributed by atoms with E-state index in [0.29, 0.717) is 11.3 Å². The van der Waals surface area contributed by atoms with Crippen molar-refractivity contribution >= 4 is 15.7 Å². The number of benzene rings is 1. The second kappa shape index (κ2) is 7.04. The number of nitrogens with one attached hydrogen (secondary N) is 2. The fourth-order valence-electron chi connectivity index (χ4n) is 2.46. The molecule has 0 aromatic heterocycles. The predicted octanol–water partition coefficient (Wildman–Crippen LogP) is 1.11. The summed E-state index contributed by atoms with van der Waals surface area (Å²) < 4.78 is 24.7. The van der Waals surface area contributed by atoms with Crippen LogP contribution < -0.4 is 10.6 Å². The molecule has 0 spiro atoms. The summed E-state index contributed by atoms with van der Waals surface area (Å²) in [5.74, 6) is -0.158. The molecule has 6 heteroatoms. The van der Waals surface area contributed by atoms with Crippen molar-refractivity contribution in [2.45, 2.75) is 43.2 Å². The lowest BCUT2D eigenvalue weighted by Crippen LogP contribution is -2.47. The van der Waals surface area contributed by atoms with Crippen LogP contribution in [0.25, 0.3) is 0 Å². The quantitative estimate of drug-likeness (QED) is 0.825. The van der Waals surface area contributed by atoms with E-state index in [1.54, 1.807) is 30.3 Å². The molecule has 1 heterocycles. The molecule has 1 aliphatic heterocycles. The lowest BCUT2D eigenvalue weighted by Gasteiger charge is -2.19. The van der Waals surface area contributed by atoms with Crippen LogP contribution in [0.15, 0.2) is 35.2 Å². The van der Waals surface area contributed by atoms with Crippen molar-refractivity contribution in [3.63, 3.8) is 0 Å². The predicted molar refractivity (Wildman–Crippen MR) is 81.7 cm³/mol. The molecule has 1 aromatic rings. The topological polar surface area (TPSA) is 75.3 Å². The molecule has 5 nitrogen and oxygen atoms in total. The van der Waals surface area contributed by atoms with Crippen molar-refractivity contribution < 1.29 is 13.2 Å². The summed E-state index contributed by atoms with van der Waals surface area (Å²) in [4.78, 5) is 12.4. The molecular weight excluding hydrogens is 288 g/mol. The minimum absolute atomic E-state index is 0.0635. The third kappa shape index (κ3) is 4.28. The Morgan fingerprint density at radius 3 is 2.67 bits per heavy atom. The third-order valence-electron chi connectivity index (χ3n) is 3.74. The van der Waals surface area contributed by atoms with Gasteiger partial charge < -0.3 is 10.6 Å². The molecule has 0 bridgehead atoms. The highest BCUT2D eigenvalue weighted by atomic mass is 32.2. The van der Waals surface area contributed by atoms with Crippen LogP contribution in [0.4, 0.5) is 0 Å². The normalized spacial score (nSPS) is 20.1. The Morgan fingerprint density at radius 1 is 1.38 bits per heavy atom. The zero-order valence-electron chi connectivity index (χ0n) is 12.2. The van der Waals surface area contributed by atoms with Gasteiger partial charge in [0.15, 0.2) is 9.84 Å². The number of hydrogen-bond acceptors (Lipinski definition) is 4. The largest absolute Gasteiger partial charge is 0.351 e. The SMILES string of the molecule is CC[C@@H](CS(=O)(=O)c1ccccc1)NC(=O)[C@H]1CCCN1. The van der Waals surface area contributed by atoms with E-state index in [-0.39, 0.29) is 23.7 Å². The van der Waals surface area contributed by atoms with Gasteiger partial charge in [-0.25, -0.2) is 8.42 Å². The van der Waals surface area contributed by atoms with Crippen molar-refractivity contribution in [2.24, 2.45) is 0 Å². The second-order valence-electron chi connectivity index (χ2n) is 5.36. The average molecular weight is 310 g/mol. The first-order chi connectivity index (χ1) is 10.0. The van der Waals surface area contributed by atoms with Gasteiger partial charge in [0, 0.05) is 6.04 Å². The minimum Gasteiger partial charge on any atom is -0.351 e. The van der Waals surface area contributed by atoms with Gasteiger partial charge >= 0.3 is 0 Å². The lowest BCUT2D eigenvalue weighted by atomic mass is 10.2. The molecule has 0 aliphatic carbocycles. The van der Waals surface area contributed by atoms with Gasteiger partial charge in [-0.2, -0.15) is 0 Å². The van der Waals surface area contributed by atoms with E-state index >= 15 is 0 Å². The first-order valence-corrected chi connectivity index (χ1v) is 8.99. The second-order valence-corrected chi connectivity index (χ2v) is 7.39. The third-order valence-corrected chi connectivity index (χ3v) is 5.57. The molecule has 2 N–H and O–H groups in total. The molecule has 1 aromatic carbocycles. The summed E-state index contributed by atoms with van der Waals surface area (Å²) in [7, 11) is -3.38. The van der Waals surface area contributed by atoms with Gasteiger partial charge in [0.1, 0.15) is 0 Å². The van der Waals surface area contributed by atoms with Crippen molar-refractivity contribution in [1.82, 2.24) is 10.6 Å². The highest BCUT2D eigenvalue weighted by molar-refractivity contribution is 7.91. The van der Waals surface area contributed by atoms with Crippen LogP contribution in [-0.2, 0) is 14.6 Å². The molecule has 1 saturated heterocycles. The van der Waals surface area contributed by atoms with Crippen molar-refractivity contribution in [2.75, 3.05) is 12.3 Å². The lowest BCUT2D eigenvalue weighted by molar-refractivity contribution is -0.123. The van der Waals surface area contributed by atoms with E-state index in [4.69, 9.17) is 0 Å². The Kier molecular flexibility index (Phi) is 5.36.